The summed E-state index contributed by atoms with van der Waals surface area (Å²) in [5.74, 6) is -4.63. The van der Waals surface area contributed by atoms with Gasteiger partial charge >= 0.3 is 12.4 Å². The predicted molar refractivity (Wildman–Crippen MR) is 241 cm³/mol. The summed E-state index contributed by atoms with van der Waals surface area (Å²) in [6, 6.07) is 27.2. The molecule has 0 radical (unpaired) electrons. The van der Waals surface area contributed by atoms with Crippen molar-refractivity contribution in [1.82, 2.24) is 19.2 Å². The molecular weight excluding hydrogens is 951 g/mol. The summed E-state index contributed by atoms with van der Waals surface area (Å²) >= 11 is 0. The van der Waals surface area contributed by atoms with Gasteiger partial charge in [-0.05, 0) is 103 Å². The molecule has 3 amide bonds. The third-order valence-electron chi connectivity index (χ3n) is 13.1. The van der Waals surface area contributed by atoms with Gasteiger partial charge in [0.15, 0.2) is 0 Å². The fourth-order valence-electron chi connectivity index (χ4n) is 9.49. The molecule has 3 N–H and O–H groups in total. The Bertz CT molecular complexity index is 2970. The zero-order valence-electron chi connectivity index (χ0n) is 36.6. The minimum Gasteiger partial charge on any atom is -0.374 e. The molecule has 3 unspecified atom stereocenters. The SMILES string of the molecule is O=C(NS(=O)(=O)C1CC1c1ccc(C(O)N2CCC(c3ccccc3C(F)(F)F)CC2)c(C(=O)NS(=O)(=O)c2ccccc2)c1)c1ccccc1C(=O)N1CCC(c2ccccc2C(F)(F)F)CC1. The summed E-state index contributed by atoms with van der Waals surface area (Å²) in [6.07, 6.45) is -9.80. The highest BCUT2D eigenvalue weighted by Crippen LogP contribution is 2.47. The number of carbonyl (C=O) groups excluding carboxylic acids is 3. The first kappa shape index (κ1) is 49.3. The number of likely N-dealkylation sites (tertiary alicyclic amines) is 2. The molecule has 1 saturated carbocycles. The van der Waals surface area contributed by atoms with Gasteiger partial charge in [-0.25, -0.2) is 26.3 Å². The highest BCUT2D eigenvalue weighted by Gasteiger charge is 2.49. The van der Waals surface area contributed by atoms with Crippen LogP contribution in [0.3, 0.4) is 0 Å². The van der Waals surface area contributed by atoms with E-state index in [-0.39, 0.29) is 102 Å². The zero-order valence-corrected chi connectivity index (χ0v) is 38.2. The lowest BCUT2D eigenvalue weighted by Gasteiger charge is -2.36. The highest BCUT2D eigenvalue weighted by molar-refractivity contribution is 7.91. The average Bonchev–Trinajstić information content (AvgIpc) is 4.16. The quantitative estimate of drug-likeness (QED) is 0.104. The Labute approximate surface area is 394 Å². The highest BCUT2D eigenvalue weighted by atomic mass is 32.2. The molecule has 20 heteroatoms. The van der Waals surface area contributed by atoms with Gasteiger partial charge in [0, 0.05) is 43.2 Å². The molecule has 2 aliphatic heterocycles. The number of hydrogen-bond donors (Lipinski definition) is 3. The number of alkyl halides is 6. The first-order chi connectivity index (χ1) is 32.6. The summed E-state index contributed by atoms with van der Waals surface area (Å²) in [5, 5.41) is 10.5. The number of hydrogen-bond acceptors (Lipinski definition) is 9. The fraction of sp³-hybridized carbons (Fsp3) is 0.327. The van der Waals surface area contributed by atoms with Crippen LogP contribution in [0.4, 0.5) is 26.3 Å². The Morgan fingerprint density at radius 3 is 1.65 bits per heavy atom. The number of nitrogens with one attached hydrogen (secondary N) is 2. The van der Waals surface area contributed by atoms with Crippen LogP contribution < -0.4 is 9.44 Å². The van der Waals surface area contributed by atoms with Gasteiger partial charge in [0.1, 0.15) is 6.23 Å². The second-order valence-corrected chi connectivity index (χ2v) is 21.0. The Hall–Kier alpha value is -6.09. The van der Waals surface area contributed by atoms with E-state index in [1.54, 1.807) is 11.0 Å². The average molecular weight is 997 g/mol. The van der Waals surface area contributed by atoms with Crippen molar-refractivity contribution in [1.29, 1.82) is 0 Å². The second-order valence-electron chi connectivity index (χ2n) is 17.4. The Morgan fingerprint density at radius 2 is 1.09 bits per heavy atom. The summed E-state index contributed by atoms with van der Waals surface area (Å²) in [4.78, 5) is 44.1. The van der Waals surface area contributed by atoms with Gasteiger partial charge < -0.3 is 10.0 Å². The minimum absolute atomic E-state index is 0.0339. The number of sulfonamides is 2. The van der Waals surface area contributed by atoms with E-state index in [1.165, 1.54) is 108 Å². The Morgan fingerprint density at radius 1 is 0.594 bits per heavy atom. The first-order valence-electron chi connectivity index (χ1n) is 22.1. The van der Waals surface area contributed by atoms with Crippen LogP contribution in [0.5, 0.6) is 0 Å². The van der Waals surface area contributed by atoms with Gasteiger partial charge in [-0.15, -0.1) is 0 Å². The van der Waals surface area contributed by atoms with Gasteiger partial charge in [0.2, 0.25) is 10.0 Å². The summed E-state index contributed by atoms with van der Waals surface area (Å²) in [7, 11) is -8.93. The van der Waals surface area contributed by atoms with Crippen molar-refractivity contribution in [3.8, 4) is 0 Å². The van der Waals surface area contributed by atoms with E-state index >= 15 is 0 Å². The lowest BCUT2D eigenvalue weighted by Crippen LogP contribution is -2.40. The van der Waals surface area contributed by atoms with Crippen LogP contribution in [0.1, 0.15) is 121 Å². The molecular formula is C49H46F6N4O8S2. The van der Waals surface area contributed by atoms with Gasteiger partial charge in [-0.2, -0.15) is 26.3 Å². The first-order valence-corrected chi connectivity index (χ1v) is 25.1. The topological polar surface area (TPSA) is 170 Å². The number of halogens is 6. The lowest BCUT2D eigenvalue weighted by atomic mass is 9.86. The maximum atomic E-state index is 13.9. The van der Waals surface area contributed by atoms with Crippen LogP contribution >= 0.6 is 0 Å². The van der Waals surface area contributed by atoms with E-state index in [9.17, 15) is 62.7 Å². The third kappa shape index (κ3) is 10.7. The van der Waals surface area contributed by atoms with E-state index in [1.807, 2.05) is 4.72 Å². The summed E-state index contributed by atoms with van der Waals surface area (Å²) < 4.78 is 141. The van der Waals surface area contributed by atoms with Crippen molar-refractivity contribution < 1.29 is 62.7 Å². The maximum absolute atomic E-state index is 13.9. The van der Waals surface area contributed by atoms with Crippen molar-refractivity contribution in [2.24, 2.45) is 0 Å². The molecule has 69 heavy (non-hydrogen) atoms. The number of piperidine rings is 2. The number of amides is 3. The van der Waals surface area contributed by atoms with E-state index in [0.29, 0.717) is 0 Å². The zero-order chi connectivity index (χ0) is 49.5. The molecule has 3 atom stereocenters. The van der Waals surface area contributed by atoms with Crippen LogP contribution in [0.25, 0.3) is 0 Å². The van der Waals surface area contributed by atoms with Crippen LogP contribution in [0, 0.1) is 0 Å². The molecule has 3 fully saturated rings. The smallest absolute Gasteiger partial charge is 0.374 e. The van der Waals surface area contributed by atoms with Crippen LogP contribution in [-0.2, 0) is 32.4 Å². The molecule has 8 rings (SSSR count). The van der Waals surface area contributed by atoms with E-state index < -0.39 is 90.5 Å². The third-order valence-corrected chi connectivity index (χ3v) is 16.3. The molecule has 5 aromatic carbocycles. The molecule has 3 aliphatic rings. The Kier molecular flexibility index (Phi) is 13.8. The molecule has 0 bridgehead atoms. The van der Waals surface area contributed by atoms with Crippen LogP contribution in [-0.4, -0.2) is 80.9 Å². The molecule has 2 heterocycles. The second kappa shape index (κ2) is 19.4. The van der Waals surface area contributed by atoms with Crippen molar-refractivity contribution in [2.45, 2.75) is 78.6 Å². The molecule has 0 aromatic heterocycles. The summed E-state index contributed by atoms with van der Waals surface area (Å²) in [5.41, 5.74) is -1.68. The van der Waals surface area contributed by atoms with Crippen molar-refractivity contribution in [2.75, 3.05) is 26.2 Å². The molecule has 364 valence electrons. The number of carbonyl (C=O) groups is 3. The predicted octanol–water partition coefficient (Wildman–Crippen LogP) is 8.35. The van der Waals surface area contributed by atoms with Crippen molar-refractivity contribution in [3.63, 3.8) is 0 Å². The number of aliphatic hydroxyl groups excluding tert-OH is 1. The maximum Gasteiger partial charge on any atom is 0.416 e. The Balaban J connectivity index is 0.977. The monoisotopic (exact) mass is 996 g/mol. The number of benzene rings is 5. The summed E-state index contributed by atoms with van der Waals surface area (Å²) in [6.45, 7) is 0.389. The van der Waals surface area contributed by atoms with Crippen molar-refractivity contribution in [3.05, 3.63) is 171 Å². The molecule has 12 nitrogen and oxygen atoms in total. The van der Waals surface area contributed by atoms with E-state index in [0.717, 1.165) is 12.1 Å². The normalized spacial score (nSPS) is 19.1. The lowest BCUT2D eigenvalue weighted by molar-refractivity contribution is -0.139. The van der Waals surface area contributed by atoms with Crippen LogP contribution in [0.15, 0.2) is 126 Å². The van der Waals surface area contributed by atoms with Crippen LogP contribution in [0.2, 0.25) is 0 Å². The van der Waals surface area contributed by atoms with E-state index in [2.05, 4.69) is 4.72 Å². The fourth-order valence-corrected chi connectivity index (χ4v) is 12.1. The molecule has 2 saturated heterocycles. The molecule has 5 aromatic rings. The molecule has 1 aliphatic carbocycles. The molecule has 0 spiro atoms. The standard InChI is InChI=1S/C49H46F6N4O8S2/c50-48(51,52)41-16-8-6-12-34(41)30-20-24-58(25-21-30)46(62)37-15-5-4-14-36(37)44(60)57-69(66,67)43-29-39(43)32-18-19-38(40(28-32)45(61)56-68(64,65)33-10-2-1-3-11-33)47(63)59-26-22-31(23-27-59)35-13-7-9-17-42(35)49(53,54)55/h1-19,28,30-31,39,43,47,63H,20-27,29H2,(H,56,61)(H,57,60). The van der Waals surface area contributed by atoms with Gasteiger partial charge in [0.25, 0.3) is 27.7 Å². The van der Waals surface area contributed by atoms with Gasteiger partial charge in [0.05, 0.1) is 32.4 Å². The van der Waals surface area contributed by atoms with E-state index in [4.69, 9.17) is 0 Å². The van der Waals surface area contributed by atoms with Gasteiger partial charge in [-0.1, -0.05) is 78.9 Å². The van der Waals surface area contributed by atoms with Gasteiger partial charge in [-0.3, -0.25) is 19.3 Å². The number of rotatable bonds is 12. The minimum atomic E-state index is -4.57. The number of nitrogens with zero attached hydrogens (tertiary/aromatic N) is 2. The van der Waals surface area contributed by atoms with Crippen molar-refractivity contribution >= 4 is 37.8 Å². The number of aliphatic hydroxyl groups is 1. The largest absolute Gasteiger partial charge is 0.416 e.